The number of hydrogen-bond acceptors (Lipinski definition) is 7. The van der Waals surface area contributed by atoms with Gasteiger partial charge >= 0.3 is 5.97 Å². The molecule has 0 radical (unpaired) electrons. The van der Waals surface area contributed by atoms with Crippen molar-refractivity contribution in [3.05, 3.63) is 41.5 Å². The number of oxime groups is 1. The van der Waals surface area contributed by atoms with Gasteiger partial charge in [-0.15, -0.1) is 0 Å². The molecule has 0 saturated heterocycles. The first-order valence-corrected chi connectivity index (χ1v) is 15.3. The molecule has 1 amide bonds. The monoisotopic (exact) mass is 566 g/mol. The summed E-state index contributed by atoms with van der Waals surface area (Å²) in [6.45, 7) is 8.45. The van der Waals surface area contributed by atoms with Crippen LogP contribution in [0.4, 0.5) is 0 Å². The van der Waals surface area contributed by atoms with Crippen LogP contribution in [0.5, 0.6) is 5.75 Å². The molecule has 0 aromatic heterocycles. The number of carbonyl (C=O) groups is 2. The molecule has 3 N–H and O–H groups in total. The van der Waals surface area contributed by atoms with Crippen LogP contribution in [0.1, 0.15) is 84.6 Å². The van der Waals surface area contributed by atoms with Crippen LogP contribution < -0.4 is 5.32 Å². The van der Waals surface area contributed by atoms with Gasteiger partial charge in [-0.2, -0.15) is 0 Å². The lowest BCUT2D eigenvalue weighted by Crippen LogP contribution is -2.53. The fourth-order valence-electron chi connectivity index (χ4n) is 8.60. The van der Waals surface area contributed by atoms with E-state index in [-0.39, 0.29) is 36.2 Å². The largest absolute Gasteiger partial charge is 0.508 e. The van der Waals surface area contributed by atoms with E-state index in [9.17, 15) is 19.8 Å². The van der Waals surface area contributed by atoms with Gasteiger partial charge in [-0.05, 0) is 118 Å². The molecule has 0 aliphatic heterocycles. The average molecular weight is 567 g/mol. The maximum absolute atomic E-state index is 12.7. The highest BCUT2D eigenvalue weighted by Crippen LogP contribution is 2.67. The maximum atomic E-state index is 12.7. The summed E-state index contributed by atoms with van der Waals surface area (Å²) in [4.78, 5) is 30.6. The normalized spacial score (nSPS) is 35.9. The van der Waals surface area contributed by atoms with Crippen LogP contribution in [0.25, 0.3) is 0 Å². The van der Waals surface area contributed by atoms with Gasteiger partial charge < -0.3 is 25.1 Å². The summed E-state index contributed by atoms with van der Waals surface area (Å²) in [6.07, 6.45) is 10.8. The Morgan fingerprint density at radius 2 is 1.78 bits per heavy atom. The Morgan fingerprint density at radius 1 is 1.05 bits per heavy atom. The standard InChI is InChI=1S/C33H46N2O6/c1-5-40-30(38)28(18-21-6-9-24(36)10-7-21)34-29(37)20-41-35-23-12-15-31(2)22(19-23)8-11-25-26(31)13-16-32(3)27(25)14-17-33(32,4)39/h6-7,9-10,19,25-28,36,39H,5,8,11-18,20H2,1-4H3,(H,34,37)/t25-,26?,27?,28?,31+,32+,33+/m1/s1. The molecule has 8 nitrogen and oxygen atoms in total. The Hall–Kier alpha value is -2.87. The summed E-state index contributed by atoms with van der Waals surface area (Å²) >= 11 is 0. The minimum atomic E-state index is -0.864. The van der Waals surface area contributed by atoms with E-state index in [0.29, 0.717) is 17.8 Å². The second-order valence-electron chi connectivity index (χ2n) is 13.4. The third-order valence-corrected chi connectivity index (χ3v) is 11.2. The number of benzene rings is 1. The van der Waals surface area contributed by atoms with Crippen molar-refractivity contribution in [2.45, 2.75) is 97.1 Å². The summed E-state index contributed by atoms with van der Waals surface area (Å²) in [5.41, 5.74) is 2.71. The van der Waals surface area contributed by atoms with Crippen molar-refractivity contribution >= 4 is 17.6 Å². The van der Waals surface area contributed by atoms with E-state index in [1.807, 2.05) is 0 Å². The van der Waals surface area contributed by atoms with Gasteiger partial charge in [-0.3, -0.25) is 4.79 Å². The zero-order valence-corrected chi connectivity index (χ0v) is 24.9. The van der Waals surface area contributed by atoms with Crippen LogP contribution in [0.3, 0.4) is 0 Å². The van der Waals surface area contributed by atoms with Crippen molar-refractivity contribution < 1.29 is 29.4 Å². The van der Waals surface area contributed by atoms with E-state index in [0.717, 1.165) is 62.6 Å². The van der Waals surface area contributed by atoms with Crippen LogP contribution in [-0.2, 0) is 25.6 Å². The van der Waals surface area contributed by atoms with E-state index < -0.39 is 23.5 Å². The molecule has 1 aromatic rings. The molecule has 3 saturated carbocycles. The Kier molecular flexibility index (Phi) is 8.25. The summed E-state index contributed by atoms with van der Waals surface area (Å²) in [5, 5.41) is 27.7. The molecular formula is C33H46N2O6. The number of phenols is 1. The van der Waals surface area contributed by atoms with Crippen molar-refractivity contribution in [1.82, 2.24) is 5.32 Å². The molecule has 8 heteroatoms. The molecule has 1 aromatic carbocycles. The van der Waals surface area contributed by atoms with Crippen molar-refractivity contribution in [3.8, 4) is 5.75 Å². The SMILES string of the molecule is CCOC(=O)C(Cc1ccc(O)cc1)NC(=O)CON=C1C=C2CC[C@@H]3C(CC[C@@]4(C)C3CC[C@]4(C)O)[C@@]2(C)CC1. The Morgan fingerprint density at radius 3 is 2.51 bits per heavy atom. The number of fused-ring (bicyclic) bond motifs is 5. The zero-order chi connectivity index (χ0) is 29.4. The molecule has 7 atom stereocenters. The summed E-state index contributed by atoms with van der Waals surface area (Å²) in [5.74, 6) is 1.07. The second-order valence-corrected chi connectivity index (χ2v) is 13.4. The van der Waals surface area contributed by atoms with Gasteiger partial charge in [0, 0.05) is 6.42 Å². The average Bonchev–Trinajstić information content (AvgIpc) is 3.18. The summed E-state index contributed by atoms with van der Waals surface area (Å²) in [7, 11) is 0. The van der Waals surface area contributed by atoms with E-state index in [4.69, 9.17) is 9.57 Å². The van der Waals surface area contributed by atoms with Crippen LogP contribution in [0.15, 0.2) is 41.1 Å². The van der Waals surface area contributed by atoms with E-state index in [1.54, 1.807) is 31.2 Å². The minimum Gasteiger partial charge on any atom is -0.508 e. The molecule has 3 unspecified atom stereocenters. The Balaban J connectivity index is 1.19. The third-order valence-electron chi connectivity index (χ3n) is 11.2. The molecule has 224 valence electrons. The topological polar surface area (TPSA) is 117 Å². The quantitative estimate of drug-likeness (QED) is 0.299. The first-order chi connectivity index (χ1) is 19.5. The van der Waals surface area contributed by atoms with Crippen LogP contribution in [0, 0.1) is 28.6 Å². The number of aromatic hydroxyl groups is 1. The van der Waals surface area contributed by atoms with Gasteiger partial charge in [-0.1, -0.05) is 36.7 Å². The highest BCUT2D eigenvalue weighted by atomic mass is 16.6. The van der Waals surface area contributed by atoms with Gasteiger partial charge in [0.25, 0.3) is 5.91 Å². The molecule has 5 rings (SSSR count). The number of esters is 1. The third kappa shape index (κ3) is 5.64. The van der Waals surface area contributed by atoms with Crippen molar-refractivity contribution in [1.29, 1.82) is 0 Å². The fourth-order valence-corrected chi connectivity index (χ4v) is 8.60. The lowest BCUT2D eigenvalue weighted by molar-refractivity contribution is -0.147. The lowest BCUT2D eigenvalue weighted by Gasteiger charge is -2.59. The highest BCUT2D eigenvalue weighted by Gasteiger charge is 2.62. The number of hydrogen-bond donors (Lipinski definition) is 3. The number of aliphatic hydroxyl groups is 1. The zero-order valence-electron chi connectivity index (χ0n) is 24.9. The van der Waals surface area contributed by atoms with Gasteiger partial charge in [-0.25, -0.2) is 4.79 Å². The molecule has 3 fully saturated rings. The number of rotatable bonds is 8. The van der Waals surface area contributed by atoms with Crippen molar-refractivity contribution in [2.75, 3.05) is 13.2 Å². The molecule has 0 heterocycles. The highest BCUT2D eigenvalue weighted by molar-refractivity contribution is 5.96. The molecule has 0 spiro atoms. The number of nitrogens with zero attached hydrogens (tertiary/aromatic N) is 1. The first-order valence-electron chi connectivity index (χ1n) is 15.3. The predicted molar refractivity (Wildman–Crippen MR) is 156 cm³/mol. The number of nitrogens with one attached hydrogen (secondary N) is 1. The smallest absolute Gasteiger partial charge is 0.328 e. The van der Waals surface area contributed by atoms with E-state index >= 15 is 0 Å². The fraction of sp³-hybridized carbons (Fsp3) is 0.667. The van der Waals surface area contributed by atoms with E-state index in [1.165, 1.54) is 5.57 Å². The molecular weight excluding hydrogens is 520 g/mol. The molecule has 41 heavy (non-hydrogen) atoms. The minimum absolute atomic E-state index is 0.0256. The predicted octanol–water partition coefficient (Wildman–Crippen LogP) is 5.07. The molecule has 0 bridgehead atoms. The number of amides is 1. The summed E-state index contributed by atoms with van der Waals surface area (Å²) < 4.78 is 5.15. The number of ether oxygens (including phenoxy) is 1. The number of carbonyl (C=O) groups excluding carboxylic acids is 2. The van der Waals surface area contributed by atoms with Crippen molar-refractivity contribution in [3.63, 3.8) is 0 Å². The van der Waals surface area contributed by atoms with Crippen molar-refractivity contribution in [2.24, 2.45) is 33.7 Å². The Labute approximate surface area is 243 Å². The van der Waals surface area contributed by atoms with Gasteiger partial charge in [0.1, 0.15) is 11.8 Å². The lowest BCUT2D eigenvalue weighted by atomic mass is 9.46. The van der Waals surface area contributed by atoms with Gasteiger partial charge in [0.15, 0.2) is 6.61 Å². The van der Waals surface area contributed by atoms with Crippen LogP contribution in [0.2, 0.25) is 0 Å². The van der Waals surface area contributed by atoms with E-state index in [2.05, 4.69) is 37.3 Å². The number of allylic oxidation sites excluding steroid dienone is 2. The molecule has 4 aliphatic rings. The maximum Gasteiger partial charge on any atom is 0.328 e. The van der Waals surface area contributed by atoms with Crippen LogP contribution in [-0.4, -0.2) is 52.7 Å². The van der Waals surface area contributed by atoms with Gasteiger partial charge in [0.05, 0.1) is 17.9 Å². The van der Waals surface area contributed by atoms with Crippen LogP contribution >= 0.6 is 0 Å². The molecule has 4 aliphatic carbocycles. The van der Waals surface area contributed by atoms with Gasteiger partial charge in [0.2, 0.25) is 0 Å². The second kappa shape index (κ2) is 11.4. The summed E-state index contributed by atoms with van der Waals surface area (Å²) in [6, 6.07) is 5.63. The first kappa shape index (κ1) is 29.6. The number of phenolic OH excluding ortho intramolecular Hbond substituents is 1. The Bertz CT molecular complexity index is 1210.